The number of hydrogen-bond donors (Lipinski definition) is 6. The molecule has 14 heavy (non-hydrogen) atoms. The SMILES string of the molecule is C.C.C.C.C.O.O=O.OO.OO.OO. The minimum absolute atomic E-state index is 0. The molecule has 0 heterocycles. The largest absolute Gasteiger partial charge is 0.412 e. The van der Waals surface area contributed by atoms with E-state index in [0.717, 1.165) is 0 Å². The molecule has 0 bridgehead atoms. The van der Waals surface area contributed by atoms with Crippen molar-refractivity contribution in [2.24, 2.45) is 0 Å². The Kier molecular flexibility index (Phi) is 44700. The smallest absolute Gasteiger partial charge is 0 e. The van der Waals surface area contributed by atoms with Gasteiger partial charge >= 0.3 is 0 Å². The average molecular weight is 232 g/mol. The molecule has 0 aliphatic carbocycles. The van der Waals surface area contributed by atoms with Gasteiger partial charge in [-0.25, -0.2) is 0 Å². The van der Waals surface area contributed by atoms with Crippen LogP contribution in [0.5, 0.6) is 0 Å². The van der Waals surface area contributed by atoms with Crippen molar-refractivity contribution in [2.45, 2.75) is 37.1 Å². The van der Waals surface area contributed by atoms with E-state index in [1.54, 1.807) is 0 Å². The lowest BCUT2D eigenvalue weighted by Crippen LogP contribution is -1.29. The van der Waals surface area contributed by atoms with E-state index >= 15 is 0 Å². The van der Waals surface area contributed by atoms with Crippen molar-refractivity contribution in [3.05, 3.63) is 9.93 Å². The summed E-state index contributed by atoms with van der Waals surface area (Å²) in [5.41, 5.74) is 0. The normalized spacial score (nSPS) is 1.57. The molecule has 9 heteroatoms. The molecule has 0 saturated heterocycles. The second kappa shape index (κ2) is 3410. The first kappa shape index (κ1) is 183. The highest BCUT2D eigenvalue weighted by atomic mass is 17.0. The molecule has 0 spiro atoms. The Bertz CT molecular complexity index is 13.2. The second-order valence-corrected chi connectivity index (χ2v) is 0. The molecule has 102 valence electrons. The second-order valence-electron chi connectivity index (χ2n) is 0. The Hall–Kier alpha value is -0.680. The van der Waals surface area contributed by atoms with Crippen LogP contribution in [0, 0.1) is 9.93 Å². The third-order valence-corrected chi connectivity index (χ3v) is 0. The zero-order valence-electron chi connectivity index (χ0n) is 4.00. The van der Waals surface area contributed by atoms with Crippen molar-refractivity contribution < 1.29 is 37.0 Å². The van der Waals surface area contributed by atoms with Crippen molar-refractivity contribution in [2.75, 3.05) is 0 Å². The molecule has 0 aliphatic rings. The van der Waals surface area contributed by atoms with Gasteiger partial charge in [0.1, 0.15) is 0 Å². The number of rotatable bonds is 0. The van der Waals surface area contributed by atoms with Gasteiger partial charge in [-0.2, -0.15) is 0 Å². The fraction of sp³-hybridized carbons (Fsp3) is 1.00. The summed E-state index contributed by atoms with van der Waals surface area (Å²) in [6, 6.07) is 0. The summed E-state index contributed by atoms with van der Waals surface area (Å²) >= 11 is 0. The van der Waals surface area contributed by atoms with E-state index in [1.165, 1.54) is 0 Å². The van der Waals surface area contributed by atoms with E-state index in [1.807, 2.05) is 0 Å². The highest BCUT2D eigenvalue weighted by molar-refractivity contribution is 4.07. The van der Waals surface area contributed by atoms with Crippen LogP contribution in [0.3, 0.4) is 0 Å². The Balaban J connectivity index is -0.00000000167. The van der Waals surface area contributed by atoms with E-state index in [9.17, 15) is 0 Å². The van der Waals surface area contributed by atoms with Gasteiger partial charge in [0.25, 0.3) is 0 Å². The van der Waals surface area contributed by atoms with E-state index < -0.39 is 0 Å². The summed E-state index contributed by atoms with van der Waals surface area (Å²) < 4.78 is 0. The maximum Gasteiger partial charge on any atom is 0 e. The van der Waals surface area contributed by atoms with Crippen LogP contribution >= 0.6 is 0 Å². The maximum absolute atomic E-state index is 7.00. The van der Waals surface area contributed by atoms with Gasteiger partial charge in [-0.05, 0) is 0 Å². The number of hydrogen-bond acceptors (Lipinski definition) is 8. The minimum atomic E-state index is 0. The predicted octanol–water partition coefficient (Wildman–Crippen LogP) is 2.48. The Morgan fingerprint density at radius 2 is 0.429 bits per heavy atom. The van der Waals surface area contributed by atoms with Gasteiger partial charge in [-0.1, -0.05) is 37.1 Å². The Morgan fingerprint density at radius 1 is 0.429 bits per heavy atom. The molecule has 9 nitrogen and oxygen atoms in total. The van der Waals surface area contributed by atoms with Crippen LogP contribution in [-0.4, -0.2) is 37.0 Å². The molecule has 0 aromatic carbocycles. The first-order chi connectivity index (χ1) is 4.00. The third kappa shape index (κ3) is 2610. The molecule has 0 unspecified atom stereocenters. The molecule has 0 atom stereocenters. The van der Waals surface area contributed by atoms with Gasteiger partial charge in [0.2, 0.25) is 0 Å². The zero-order chi connectivity index (χ0) is 8.00. The van der Waals surface area contributed by atoms with E-state index in [-0.39, 0.29) is 42.6 Å². The van der Waals surface area contributed by atoms with Crippen molar-refractivity contribution in [3.63, 3.8) is 0 Å². The topological polar surface area (TPSA) is 187 Å². The molecule has 0 amide bonds. The van der Waals surface area contributed by atoms with Crippen LogP contribution in [-0.2, 0) is 0 Å². The summed E-state index contributed by atoms with van der Waals surface area (Å²) in [4.78, 5) is 14.0. The van der Waals surface area contributed by atoms with Crippen LogP contribution < -0.4 is 0 Å². The molecule has 0 aliphatic heterocycles. The van der Waals surface area contributed by atoms with Crippen LogP contribution in [0.1, 0.15) is 37.1 Å². The van der Waals surface area contributed by atoms with E-state index in [4.69, 9.17) is 41.5 Å². The van der Waals surface area contributed by atoms with Gasteiger partial charge in [0.05, 0.1) is 0 Å². The molecule has 0 saturated carbocycles. The van der Waals surface area contributed by atoms with Gasteiger partial charge in [0.15, 0.2) is 0 Å². The molecule has 0 rings (SSSR count). The molecule has 0 aromatic heterocycles. The summed E-state index contributed by atoms with van der Waals surface area (Å²) in [6.07, 6.45) is 0. The molecule has 0 radical (unpaired) electrons. The fourth-order valence-electron chi connectivity index (χ4n) is 0. The quantitative estimate of drug-likeness (QED) is 0.271. The first-order valence-electron chi connectivity index (χ1n) is 0.767. The minimum Gasteiger partial charge on any atom is -0.412 e. The van der Waals surface area contributed by atoms with Crippen LogP contribution in [0.4, 0.5) is 0 Å². The summed E-state index contributed by atoms with van der Waals surface area (Å²) in [5, 5.41) is 36.0. The van der Waals surface area contributed by atoms with Gasteiger partial charge in [0, 0.05) is 9.93 Å². The predicted molar refractivity (Wildman–Crippen MR) is 59.8 cm³/mol. The lowest BCUT2D eigenvalue weighted by Gasteiger charge is -1.25. The maximum atomic E-state index is 7.00. The van der Waals surface area contributed by atoms with Gasteiger partial charge in [-0.15, -0.1) is 0 Å². The third-order valence-electron chi connectivity index (χ3n) is 0. The van der Waals surface area contributed by atoms with E-state index in [0.29, 0.717) is 0 Å². The standard InChI is InChI=1S/5CH4.3H2O2.O2.H2O/c;;;;;4*1-2;/h5*1H4;3*1-2H;;1H2. The Morgan fingerprint density at radius 3 is 0.429 bits per heavy atom. The van der Waals surface area contributed by atoms with Crippen LogP contribution in [0.15, 0.2) is 0 Å². The Labute approximate surface area is 85.2 Å². The highest BCUT2D eigenvalue weighted by Gasteiger charge is 0.750. The van der Waals surface area contributed by atoms with Crippen molar-refractivity contribution in [1.29, 1.82) is 0 Å². The zero-order valence-corrected chi connectivity index (χ0v) is 4.00. The van der Waals surface area contributed by atoms with Crippen molar-refractivity contribution in [3.8, 4) is 0 Å². The summed E-state index contributed by atoms with van der Waals surface area (Å²) in [6.45, 7) is 0. The molecular weight excluding hydrogens is 204 g/mol. The van der Waals surface area contributed by atoms with E-state index in [2.05, 4.69) is 0 Å². The highest BCUT2D eigenvalue weighted by Crippen LogP contribution is 0.741. The van der Waals surface area contributed by atoms with Crippen molar-refractivity contribution in [1.82, 2.24) is 0 Å². The molecule has 0 fully saturated rings. The first-order valence-corrected chi connectivity index (χ1v) is 0.767. The lowest BCUT2D eigenvalue weighted by atomic mass is 12.0. The fourth-order valence-corrected chi connectivity index (χ4v) is 0. The van der Waals surface area contributed by atoms with Crippen LogP contribution in [0.2, 0.25) is 0 Å². The molecule has 0 aromatic rings. The van der Waals surface area contributed by atoms with Gasteiger partial charge < -0.3 is 5.48 Å². The van der Waals surface area contributed by atoms with Gasteiger partial charge in [-0.3, -0.25) is 31.5 Å². The summed E-state index contributed by atoms with van der Waals surface area (Å²) in [7, 11) is 0. The summed E-state index contributed by atoms with van der Waals surface area (Å²) in [5.74, 6) is 0. The monoisotopic (exact) mass is 232 g/mol. The van der Waals surface area contributed by atoms with Crippen LogP contribution in [0.25, 0.3) is 0 Å². The molecule has 8 N–H and O–H groups in total. The van der Waals surface area contributed by atoms with Crippen molar-refractivity contribution >= 4 is 0 Å². The lowest BCUT2D eigenvalue weighted by molar-refractivity contribution is -0.176. The molecular formula is C5H28O9. The average Bonchev–Trinajstić information content (AvgIpc) is 2.03.